The summed E-state index contributed by atoms with van der Waals surface area (Å²) in [5.41, 5.74) is 1.91. The second-order valence-corrected chi connectivity index (χ2v) is 23.0. The molecule has 0 amide bonds. The zero-order valence-corrected chi connectivity index (χ0v) is 62.6. The maximum atomic E-state index is 14.3. The zero-order valence-electron chi connectivity index (χ0n) is 49.2. The van der Waals surface area contributed by atoms with Crippen LogP contribution in [0.2, 0.25) is 5.15 Å². The number of rotatable bonds is 22. The molecule has 0 bridgehead atoms. The third-order valence-electron chi connectivity index (χ3n) is 14.6. The Bertz CT molecular complexity index is 3470. The van der Waals surface area contributed by atoms with Gasteiger partial charge in [0.1, 0.15) is 97.0 Å². The van der Waals surface area contributed by atoms with Crippen LogP contribution in [0.25, 0.3) is 32.7 Å². The molecular weight excluding hydrogens is 1740 g/mol. The van der Waals surface area contributed by atoms with Gasteiger partial charge in [-0.3, -0.25) is 0 Å². The van der Waals surface area contributed by atoms with E-state index < -0.39 is 29.9 Å². The number of halogens is 5. The molecule has 3 aliphatic heterocycles. The smallest absolute Gasteiger partial charge is 0.163 e. The van der Waals surface area contributed by atoms with E-state index in [4.69, 9.17) is 40.0 Å². The number of benzene rings is 5. The Labute approximate surface area is 606 Å². The van der Waals surface area contributed by atoms with Crippen molar-refractivity contribution in [2.45, 2.75) is 56.8 Å². The van der Waals surface area contributed by atoms with Gasteiger partial charge in [0.15, 0.2) is 34.5 Å². The first-order chi connectivity index (χ1) is 42.0. The summed E-state index contributed by atoms with van der Waals surface area (Å²) in [5.74, 6) is 2.20. The number of aliphatic hydroxyl groups is 3. The minimum atomic E-state index is -0.621. The number of hydrogen-bond donors (Lipinski definition) is 7. The van der Waals surface area contributed by atoms with Crippen molar-refractivity contribution in [1.29, 1.82) is 0 Å². The number of nitrogens with zero attached hydrogens (tertiary/aromatic N) is 9. The Morgan fingerprint density at radius 2 is 0.787 bits per heavy atom. The maximum absolute atomic E-state index is 14.3. The van der Waals surface area contributed by atoms with Gasteiger partial charge in [0, 0.05) is 154 Å². The minimum absolute atomic E-state index is 0. The van der Waals surface area contributed by atoms with Gasteiger partial charge in [0.2, 0.25) is 0 Å². The molecule has 470 valence electrons. The molecule has 3 aromatic heterocycles. The summed E-state index contributed by atoms with van der Waals surface area (Å²) < 4.78 is 62.8. The van der Waals surface area contributed by atoms with Crippen molar-refractivity contribution < 1.29 is 151 Å². The number of aromatic hydroxyl groups is 2. The molecule has 3 saturated heterocycles. The Kier molecular flexibility index (Phi) is 28.6. The maximum Gasteiger partial charge on any atom is 0.163 e. The second-order valence-electron chi connectivity index (χ2n) is 20.9. The van der Waals surface area contributed by atoms with Gasteiger partial charge in [-0.05, 0) is 140 Å². The van der Waals surface area contributed by atoms with Gasteiger partial charge < -0.3 is 79.3 Å². The fraction of sp³-hybridized carbons (Fsp3) is 0.400. The molecule has 3 fully saturated rings. The SMILES string of the molecule is COc1cc2c(Cl)ncnc2cc1OCC(O)CN1CCCC1.COc1cc2c(Nc3cc(O)c(Br)cc3F)ncnc2cc1OCC(O)CN1CCCC1.COc1cc2c(Nc3cc(O)c(Br)cc3F)ncnc2cc1OCC(O)CN1CCCC1.[Ac].[Ac]. The van der Waals surface area contributed by atoms with Gasteiger partial charge in [-0.15, -0.1) is 0 Å². The molecule has 6 heterocycles. The number of phenolic OH excluding ortho intramolecular Hbond substituents is 2. The standard InChI is InChI=1S/2C22H24BrFN4O4.C16H20ClN3O3.2Ac/c2*1-31-20-6-14-17(9-21(20)32-11-13(29)10-28-4-2-3-5-28)25-12-26-22(14)27-18-8-19(30)15(23)7-16(18)24;1-22-14-6-12-13(18-10-19-16(12)17)7-15(14)23-9-11(21)8-20-4-2-3-5-20;;/h2*6-9,12-13,29-30H,2-5,10-11H2,1H3,(H,25,26,27);6-7,10-11,21H,2-5,8-9H2,1H3;;. The molecule has 8 aromatic rings. The minimum Gasteiger partial charge on any atom is -0.507 e. The van der Waals surface area contributed by atoms with Crippen LogP contribution in [0.4, 0.5) is 31.8 Å². The van der Waals surface area contributed by atoms with E-state index in [2.05, 4.69) is 87.1 Å². The van der Waals surface area contributed by atoms with Gasteiger partial charge in [-0.25, -0.2) is 38.7 Å². The number of aromatic nitrogens is 6. The van der Waals surface area contributed by atoms with Crippen molar-refractivity contribution in [3.8, 4) is 46.0 Å². The number of ether oxygens (including phenoxy) is 6. The van der Waals surface area contributed by atoms with Crippen molar-refractivity contribution in [1.82, 2.24) is 44.6 Å². The van der Waals surface area contributed by atoms with Crippen molar-refractivity contribution >= 4 is 99.2 Å². The molecule has 22 nitrogen and oxygen atoms in total. The largest absolute Gasteiger partial charge is 0.507 e. The number of aliphatic hydroxyl groups excluding tert-OH is 3. The monoisotopic (exact) mass is 1800 g/mol. The van der Waals surface area contributed by atoms with Crippen LogP contribution in [-0.2, 0) is 0 Å². The number of likely N-dealkylation sites (tertiary alicyclic amines) is 3. The quantitative estimate of drug-likeness (QED) is 0.0311. The number of methoxy groups -OCH3 is 3. The molecule has 7 N–H and O–H groups in total. The summed E-state index contributed by atoms with van der Waals surface area (Å²) in [7, 11) is 4.59. The van der Waals surface area contributed by atoms with Crippen LogP contribution >= 0.6 is 43.5 Å². The van der Waals surface area contributed by atoms with Gasteiger partial charge in [-0.1, -0.05) is 11.6 Å². The van der Waals surface area contributed by atoms with Crippen LogP contribution < -0.4 is 39.1 Å². The van der Waals surface area contributed by atoms with Gasteiger partial charge in [0.25, 0.3) is 0 Å². The summed E-state index contributed by atoms with van der Waals surface area (Å²) in [5, 5.41) is 58.6. The van der Waals surface area contributed by atoms with Crippen molar-refractivity contribution in [3.05, 3.63) is 105 Å². The van der Waals surface area contributed by atoms with E-state index in [1.807, 2.05) is 0 Å². The van der Waals surface area contributed by atoms with Crippen LogP contribution in [0.1, 0.15) is 38.5 Å². The van der Waals surface area contributed by atoms with Gasteiger partial charge >= 0.3 is 0 Å². The molecular formula is C60H68Ac2Br2ClF2N11O11. The first-order valence-electron chi connectivity index (χ1n) is 28.2. The van der Waals surface area contributed by atoms with E-state index >= 15 is 0 Å². The van der Waals surface area contributed by atoms with Gasteiger partial charge in [0.05, 0.1) is 58.2 Å². The molecule has 29 heteroatoms. The molecule has 3 unspecified atom stereocenters. The molecule has 5 aromatic carbocycles. The fourth-order valence-corrected chi connectivity index (χ4v) is 11.0. The number of phenols is 2. The first kappa shape index (κ1) is 72.3. The topological polar surface area (TPSA) is 268 Å². The predicted molar refractivity (Wildman–Crippen MR) is 333 cm³/mol. The molecule has 11 rings (SSSR count). The van der Waals surface area contributed by atoms with Crippen LogP contribution in [-0.4, -0.2) is 189 Å². The molecule has 2 radical (unpaired) electrons. The Morgan fingerprint density at radius 1 is 0.472 bits per heavy atom. The van der Waals surface area contributed by atoms with Crippen molar-refractivity contribution in [2.75, 3.05) is 111 Å². The summed E-state index contributed by atoms with van der Waals surface area (Å²) in [6.07, 6.45) is 9.35. The van der Waals surface area contributed by atoms with E-state index in [9.17, 15) is 34.3 Å². The van der Waals surface area contributed by atoms with E-state index in [-0.39, 0.29) is 140 Å². The average molecular weight is 1810 g/mol. The number of hydrogen-bond acceptors (Lipinski definition) is 22. The number of β-amino-alcohol motifs (C(OH)–C–C–N with tert-alkyl or cyclic N) is 3. The third-order valence-corrected chi connectivity index (χ3v) is 16.2. The molecule has 3 atom stereocenters. The molecule has 0 aliphatic carbocycles. The van der Waals surface area contributed by atoms with Crippen molar-refractivity contribution in [3.63, 3.8) is 0 Å². The zero-order chi connectivity index (χ0) is 61.6. The summed E-state index contributed by atoms with van der Waals surface area (Å²) >= 11 is 12.2. The van der Waals surface area contributed by atoms with Crippen LogP contribution in [0.3, 0.4) is 0 Å². The van der Waals surface area contributed by atoms with Crippen LogP contribution in [0.5, 0.6) is 46.0 Å². The molecule has 3 aliphatic rings. The van der Waals surface area contributed by atoms with E-state index in [0.29, 0.717) is 104 Å². The summed E-state index contributed by atoms with van der Waals surface area (Å²) in [4.78, 5) is 31.8. The average Bonchev–Trinajstić information content (AvgIpc) is 3.93. The van der Waals surface area contributed by atoms with Crippen molar-refractivity contribution in [2.24, 2.45) is 0 Å². The Balaban J connectivity index is 0.000000191. The number of anilines is 4. The molecule has 89 heavy (non-hydrogen) atoms. The van der Waals surface area contributed by atoms with Crippen LogP contribution in [0, 0.1) is 99.8 Å². The predicted octanol–water partition coefficient (Wildman–Crippen LogP) is 9.78. The molecule has 0 spiro atoms. The summed E-state index contributed by atoms with van der Waals surface area (Å²) in [6, 6.07) is 15.1. The summed E-state index contributed by atoms with van der Waals surface area (Å²) in [6.45, 7) is 8.31. The van der Waals surface area contributed by atoms with Gasteiger partial charge in [-0.2, -0.15) is 0 Å². The Morgan fingerprint density at radius 3 is 1.12 bits per heavy atom. The van der Waals surface area contributed by atoms with E-state index in [1.54, 1.807) is 43.5 Å². The van der Waals surface area contributed by atoms with Crippen LogP contribution in [0.15, 0.2) is 88.6 Å². The van der Waals surface area contributed by atoms with E-state index in [1.165, 1.54) is 70.3 Å². The number of fused-ring (bicyclic) bond motifs is 3. The second kappa shape index (κ2) is 35.2. The third kappa shape index (κ3) is 20.0. The van der Waals surface area contributed by atoms with E-state index in [0.717, 1.165) is 65.0 Å². The Hall–Kier alpha value is -4.13. The molecule has 0 saturated carbocycles. The fourth-order valence-electron chi connectivity index (χ4n) is 10.2. The normalized spacial score (nSPS) is 15.2. The first-order valence-corrected chi connectivity index (χ1v) is 30.2. The number of nitrogens with one attached hydrogen (secondary N) is 2.